The van der Waals surface area contributed by atoms with E-state index >= 15 is 0 Å². The molecule has 30 heavy (non-hydrogen) atoms. The molecule has 0 atom stereocenters. The molecule has 10 heteroatoms. The molecule has 1 aromatic heterocycles. The predicted molar refractivity (Wildman–Crippen MR) is 109 cm³/mol. The zero-order valence-corrected chi connectivity index (χ0v) is 17.3. The lowest BCUT2D eigenvalue weighted by atomic mass is 10.1. The van der Waals surface area contributed by atoms with Gasteiger partial charge in [0.15, 0.2) is 23.2 Å². The number of hydrogen-bond acceptors (Lipinski definition) is 7. The number of nitrogens with zero attached hydrogens (tertiary/aromatic N) is 2. The van der Waals surface area contributed by atoms with Gasteiger partial charge in [-0.1, -0.05) is 0 Å². The van der Waals surface area contributed by atoms with E-state index in [0.717, 1.165) is 0 Å². The summed E-state index contributed by atoms with van der Waals surface area (Å²) in [5.41, 5.74) is 0.559. The first-order valence-electron chi connectivity index (χ1n) is 8.60. The number of allylic oxidation sites excluding steroid dienone is 1. The molecular formula is C20H14BrN3O6. The van der Waals surface area contributed by atoms with Crippen LogP contribution in [-0.4, -0.2) is 35.7 Å². The average Bonchev–Trinajstić information content (AvgIpc) is 3.36. The highest BCUT2D eigenvalue weighted by Crippen LogP contribution is 2.38. The first-order chi connectivity index (χ1) is 14.4. The van der Waals surface area contributed by atoms with Gasteiger partial charge in [-0.05, 0) is 58.8 Å². The van der Waals surface area contributed by atoms with Crippen molar-refractivity contribution in [2.24, 2.45) is 4.99 Å². The second kappa shape index (κ2) is 7.64. The number of furan rings is 1. The summed E-state index contributed by atoms with van der Waals surface area (Å²) >= 11 is 3.35. The molecule has 2 aromatic rings. The van der Waals surface area contributed by atoms with Crippen LogP contribution in [0, 0.1) is 5.41 Å². The number of aliphatic imine (C=N–C) groups is 1. The van der Waals surface area contributed by atoms with Gasteiger partial charge in [-0.15, -0.1) is 5.06 Å². The second-order valence-corrected chi connectivity index (χ2v) is 7.08. The molecule has 9 nitrogen and oxygen atoms in total. The van der Waals surface area contributed by atoms with Crippen molar-refractivity contribution in [2.75, 3.05) is 7.11 Å². The Bertz CT molecular complexity index is 1160. The third kappa shape index (κ3) is 3.52. The largest absolute Gasteiger partial charge is 0.493 e. The monoisotopic (exact) mass is 471 g/mol. The lowest BCUT2D eigenvalue weighted by Gasteiger charge is -2.23. The summed E-state index contributed by atoms with van der Waals surface area (Å²) < 4.78 is 16.2. The van der Waals surface area contributed by atoms with Crippen molar-refractivity contribution >= 4 is 45.6 Å². The smallest absolute Gasteiger partial charge is 0.379 e. The van der Waals surface area contributed by atoms with Crippen molar-refractivity contribution in [3.63, 3.8) is 0 Å². The van der Waals surface area contributed by atoms with Crippen LogP contribution in [0.1, 0.15) is 23.0 Å². The van der Waals surface area contributed by atoms with Gasteiger partial charge in [0.2, 0.25) is 5.76 Å². The lowest BCUT2D eigenvalue weighted by Crippen LogP contribution is -2.38. The SMILES string of the molecule is COc1cc(/C=C2\C(=N)N3OC(C)=CC3=NC2=O)cc(Br)c1OC(=O)c1ccco1. The molecule has 0 aliphatic carbocycles. The molecule has 1 N–H and O–H groups in total. The van der Waals surface area contributed by atoms with Gasteiger partial charge < -0.3 is 18.7 Å². The minimum Gasteiger partial charge on any atom is -0.493 e. The zero-order valence-electron chi connectivity index (χ0n) is 15.8. The molecule has 2 aliphatic heterocycles. The van der Waals surface area contributed by atoms with Gasteiger partial charge in [0, 0.05) is 6.08 Å². The fraction of sp³-hybridized carbons (Fsp3) is 0.100. The van der Waals surface area contributed by atoms with Crippen molar-refractivity contribution < 1.29 is 28.3 Å². The summed E-state index contributed by atoms with van der Waals surface area (Å²) in [7, 11) is 1.42. The fourth-order valence-electron chi connectivity index (χ4n) is 2.83. The average molecular weight is 472 g/mol. The Labute approximate surface area is 178 Å². The van der Waals surface area contributed by atoms with Gasteiger partial charge in [0.1, 0.15) is 5.76 Å². The van der Waals surface area contributed by atoms with E-state index in [1.807, 2.05) is 0 Å². The maximum absolute atomic E-state index is 12.4. The molecule has 0 spiro atoms. The topological polar surface area (TPSA) is 114 Å². The number of esters is 1. The van der Waals surface area contributed by atoms with E-state index in [1.54, 1.807) is 31.2 Å². The van der Waals surface area contributed by atoms with Crippen molar-refractivity contribution in [2.45, 2.75) is 6.92 Å². The van der Waals surface area contributed by atoms with Crippen LogP contribution in [0.5, 0.6) is 11.5 Å². The number of methoxy groups -OCH3 is 1. The van der Waals surface area contributed by atoms with Crippen molar-refractivity contribution in [1.82, 2.24) is 5.06 Å². The minimum absolute atomic E-state index is 0.0381. The van der Waals surface area contributed by atoms with Gasteiger partial charge in [-0.2, -0.15) is 4.99 Å². The maximum atomic E-state index is 12.4. The van der Waals surface area contributed by atoms with Gasteiger partial charge in [-0.25, -0.2) is 4.79 Å². The Morgan fingerprint density at radius 2 is 2.17 bits per heavy atom. The molecule has 0 unspecified atom stereocenters. The third-order valence-electron chi connectivity index (χ3n) is 4.16. The summed E-state index contributed by atoms with van der Waals surface area (Å²) in [6.07, 6.45) is 4.42. The fourth-order valence-corrected chi connectivity index (χ4v) is 3.37. The van der Waals surface area contributed by atoms with E-state index in [9.17, 15) is 9.59 Å². The highest BCUT2D eigenvalue weighted by Gasteiger charge is 2.34. The second-order valence-electron chi connectivity index (χ2n) is 6.22. The number of rotatable bonds is 4. The summed E-state index contributed by atoms with van der Waals surface area (Å²) in [5.74, 6) is -0.173. The molecule has 0 bridgehead atoms. The van der Waals surface area contributed by atoms with E-state index < -0.39 is 11.9 Å². The van der Waals surface area contributed by atoms with Crippen LogP contribution >= 0.6 is 15.9 Å². The molecule has 1 aromatic carbocycles. The standard InChI is InChI=1S/C20H14BrN3O6/c1-10-6-16-23-19(25)12(18(22)24(16)30-10)7-11-8-13(21)17(15(9-11)27-2)29-20(26)14-4-3-5-28-14/h3-9,22H,1-2H3/b12-7+,22-18?. The van der Waals surface area contributed by atoms with Gasteiger partial charge in [-0.3, -0.25) is 10.2 Å². The molecule has 0 fully saturated rings. The number of fused-ring (bicyclic) bond motifs is 1. The Kier molecular flexibility index (Phi) is 5.00. The number of carbonyl (C=O) groups is 2. The van der Waals surface area contributed by atoms with E-state index in [-0.39, 0.29) is 34.5 Å². The molecule has 3 heterocycles. The summed E-state index contributed by atoms with van der Waals surface area (Å²) in [4.78, 5) is 34.0. The lowest BCUT2D eigenvalue weighted by molar-refractivity contribution is -0.114. The Hall–Kier alpha value is -3.66. The van der Waals surface area contributed by atoms with E-state index in [2.05, 4.69) is 20.9 Å². The highest BCUT2D eigenvalue weighted by molar-refractivity contribution is 9.10. The van der Waals surface area contributed by atoms with Crippen LogP contribution in [0.2, 0.25) is 0 Å². The molecule has 4 rings (SSSR count). The minimum atomic E-state index is -0.690. The van der Waals surface area contributed by atoms with Gasteiger partial charge in [0.05, 0.1) is 23.4 Å². The maximum Gasteiger partial charge on any atom is 0.379 e. The van der Waals surface area contributed by atoms with Crippen LogP contribution in [0.15, 0.2) is 61.8 Å². The predicted octanol–water partition coefficient (Wildman–Crippen LogP) is 3.72. The summed E-state index contributed by atoms with van der Waals surface area (Å²) in [5, 5.41) is 9.46. The number of carbonyl (C=O) groups excluding carboxylic acids is 2. The molecule has 1 amide bonds. The molecule has 0 radical (unpaired) electrons. The Morgan fingerprint density at radius 1 is 1.37 bits per heavy atom. The number of nitrogens with one attached hydrogen (secondary N) is 1. The van der Waals surface area contributed by atoms with Crippen molar-refractivity contribution in [3.05, 3.63) is 63.7 Å². The molecular weight excluding hydrogens is 458 g/mol. The van der Waals surface area contributed by atoms with Crippen LogP contribution < -0.4 is 9.47 Å². The third-order valence-corrected chi connectivity index (χ3v) is 4.75. The molecule has 2 aliphatic rings. The van der Waals surface area contributed by atoms with Crippen molar-refractivity contribution in [3.8, 4) is 11.5 Å². The molecule has 0 saturated heterocycles. The van der Waals surface area contributed by atoms with Crippen LogP contribution in [0.25, 0.3) is 6.08 Å². The van der Waals surface area contributed by atoms with E-state index in [0.29, 0.717) is 15.8 Å². The first kappa shape index (κ1) is 19.6. The number of ether oxygens (including phenoxy) is 2. The number of hydroxylamine groups is 2. The van der Waals surface area contributed by atoms with Crippen LogP contribution in [-0.2, 0) is 9.63 Å². The summed E-state index contributed by atoms with van der Waals surface area (Å²) in [6, 6.07) is 6.24. The molecule has 152 valence electrons. The zero-order chi connectivity index (χ0) is 21.4. The summed E-state index contributed by atoms with van der Waals surface area (Å²) in [6.45, 7) is 1.70. The number of halogens is 1. The number of benzene rings is 1. The van der Waals surface area contributed by atoms with Crippen LogP contribution in [0.4, 0.5) is 0 Å². The quantitative estimate of drug-likeness (QED) is 0.410. The number of amides is 1. The number of amidine groups is 2. The molecule has 0 saturated carbocycles. The first-order valence-corrected chi connectivity index (χ1v) is 9.40. The van der Waals surface area contributed by atoms with Gasteiger partial charge in [0.25, 0.3) is 5.91 Å². The number of hydrogen-bond donors (Lipinski definition) is 1. The van der Waals surface area contributed by atoms with Crippen molar-refractivity contribution in [1.29, 1.82) is 5.41 Å². The normalized spacial score (nSPS) is 16.8. The Morgan fingerprint density at radius 3 is 2.87 bits per heavy atom. The van der Waals surface area contributed by atoms with Gasteiger partial charge >= 0.3 is 5.97 Å². The van der Waals surface area contributed by atoms with E-state index in [4.69, 9.17) is 24.1 Å². The highest BCUT2D eigenvalue weighted by atomic mass is 79.9. The van der Waals surface area contributed by atoms with Crippen LogP contribution in [0.3, 0.4) is 0 Å². The Balaban J connectivity index is 1.66. The van der Waals surface area contributed by atoms with E-state index in [1.165, 1.54) is 30.6 Å².